The van der Waals surface area contributed by atoms with Crippen molar-refractivity contribution in [1.29, 1.82) is 0 Å². The lowest BCUT2D eigenvalue weighted by molar-refractivity contribution is 0.0392. The number of rotatable bonds is 3. The first-order valence-electron chi connectivity index (χ1n) is 8.94. The minimum Gasteiger partial charge on any atom is -0.389 e. The van der Waals surface area contributed by atoms with E-state index in [2.05, 4.69) is 15.3 Å². The zero-order valence-electron chi connectivity index (χ0n) is 15.0. The fourth-order valence-corrected chi connectivity index (χ4v) is 3.88. The van der Waals surface area contributed by atoms with Gasteiger partial charge in [0.05, 0.1) is 35.5 Å². The standard InChI is InChI=1S/C19H23N5O2/c1-12-20-8-9-24(12)17-5-3-4-14(18(17)25)22-19(26)13-6-7-16-15(10-13)21-11-23(16)2/h6-11,14,17-18,25H,3-5H2,1-2H3,(H,22,26)/t14-,17-,18-/m1/s1. The van der Waals surface area contributed by atoms with E-state index in [1.165, 1.54) is 0 Å². The summed E-state index contributed by atoms with van der Waals surface area (Å²) >= 11 is 0. The summed E-state index contributed by atoms with van der Waals surface area (Å²) in [4.78, 5) is 21.2. The summed E-state index contributed by atoms with van der Waals surface area (Å²) < 4.78 is 3.92. The summed E-state index contributed by atoms with van der Waals surface area (Å²) in [6.45, 7) is 1.93. The van der Waals surface area contributed by atoms with Crippen molar-refractivity contribution in [3.8, 4) is 0 Å². The third kappa shape index (κ3) is 2.88. The molecule has 0 unspecified atom stereocenters. The Kier molecular flexibility index (Phi) is 4.24. The average Bonchev–Trinajstić information content (AvgIpc) is 3.22. The monoisotopic (exact) mass is 353 g/mol. The zero-order chi connectivity index (χ0) is 18.3. The highest BCUT2D eigenvalue weighted by atomic mass is 16.3. The number of amides is 1. The smallest absolute Gasteiger partial charge is 0.251 e. The van der Waals surface area contributed by atoms with Crippen LogP contribution < -0.4 is 5.32 Å². The summed E-state index contributed by atoms with van der Waals surface area (Å²) in [5.41, 5.74) is 2.33. The molecule has 26 heavy (non-hydrogen) atoms. The molecule has 1 aliphatic rings. The molecule has 2 heterocycles. The molecule has 3 aromatic rings. The lowest BCUT2D eigenvalue weighted by Gasteiger charge is -2.36. The van der Waals surface area contributed by atoms with Gasteiger partial charge in [-0.3, -0.25) is 4.79 Å². The number of imidazole rings is 2. The first-order chi connectivity index (χ1) is 12.5. The lowest BCUT2D eigenvalue weighted by Crippen LogP contribution is -2.49. The van der Waals surface area contributed by atoms with Crippen LogP contribution in [-0.2, 0) is 7.05 Å². The number of benzene rings is 1. The van der Waals surface area contributed by atoms with E-state index in [1.54, 1.807) is 24.7 Å². The van der Waals surface area contributed by atoms with Crippen molar-refractivity contribution in [2.75, 3.05) is 0 Å². The van der Waals surface area contributed by atoms with Crippen molar-refractivity contribution in [1.82, 2.24) is 24.4 Å². The predicted octanol–water partition coefficient (Wildman–Crippen LogP) is 1.96. The number of carbonyl (C=O) groups is 1. The number of fused-ring (bicyclic) bond motifs is 1. The van der Waals surface area contributed by atoms with Crippen molar-refractivity contribution in [2.45, 2.75) is 44.4 Å². The Morgan fingerprint density at radius 2 is 2.15 bits per heavy atom. The van der Waals surface area contributed by atoms with Gasteiger partial charge in [0.2, 0.25) is 0 Å². The highest BCUT2D eigenvalue weighted by molar-refractivity contribution is 5.97. The Hall–Kier alpha value is -2.67. The van der Waals surface area contributed by atoms with Gasteiger partial charge in [-0.2, -0.15) is 0 Å². The number of nitrogens with one attached hydrogen (secondary N) is 1. The minimum atomic E-state index is -0.640. The highest BCUT2D eigenvalue weighted by Gasteiger charge is 2.34. The molecule has 2 aromatic heterocycles. The van der Waals surface area contributed by atoms with Crippen LogP contribution in [0.1, 0.15) is 41.5 Å². The van der Waals surface area contributed by atoms with Crippen molar-refractivity contribution in [2.24, 2.45) is 7.05 Å². The van der Waals surface area contributed by atoms with E-state index in [1.807, 2.05) is 35.4 Å². The molecule has 7 nitrogen and oxygen atoms in total. The van der Waals surface area contributed by atoms with Crippen molar-refractivity contribution in [3.63, 3.8) is 0 Å². The lowest BCUT2D eigenvalue weighted by atomic mass is 9.87. The largest absolute Gasteiger partial charge is 0.389 e. The van der Waals surface area contributed by atoms with Gasteiger partial charge in [0.15, 0.2) is 0 Å². The first-order valence-corrected chi connectivity index (χ1v) is 8.94. The maximum absolute atomic E-state index is 12.7. The second-order valence-electron chi connectivity index (χ2n) is 7.01. The van der Waals surface area contributed by atoms with E-state index in [9.17, 15) is 9.90 Å². The Morgan fingerprint density at radius 1 is 1.31 bits per heavy atom. The summed E-state index contributed by atoms with van der Waals surface area (Å²) in [6, 6.07) is 5.15. The second kappa shape index (κ2) is 6.57. The number of aliphatic hydroxyl groups is 1. The molecule has 7 heteroatoms. The molecule has 136 valence electrons. The molecule has 3 atom stereocenters. The predicted molar refractivity (Wildman–Crippen MR) is 97.8 cm³/mol. The molecule has 1 aromatic carbocycles. The molecule has 1 saturated carbocycles. The number of aromatic nitrogens is 4. The van der Waals surface area contributed by atoms with Crippen LogP contribution in [-0.4, -0.2) is 42.3 Å². The van der Waals surface area contributed by atoms with Gasteiger partial charge in [0.1, 0.15) is 5.82 Å². The quantitative estimate of drug-likeness (QED) is 0.754. The van der Waals surface area contributed by atoms with Crippen LogP contribution >= 0.6 is 0 Å². The molecule has 0 radical (unpaired) electrons. The second-order valence-corrected chi connectivity index (χ2v) is 7.01. The Bertz CT molecular complexity index is 944. The molecule has 0 aliphatic heterocycles. The van der Waals surface area contributed by atoms with Crippen molar-refractivity contribution in [3.05, 3.63) is 48.3 Å². The number of hydrogen-bond acceptors (Lipinski definition) is 4. The fraction of sp³-hybridized carbons (Fsp3) is 0.421. The van der Waals surface area contributed by atoms with Crippen LogP contribution in [0, 0.1) is 6.92 Å². The highest BCUT2D eigenvalue weighted by Crippen LogP contribution is 2.30. The van der Waals surface area contributed by atoms with Gasteiger partial charge in [0, 0.05) is 25.0 Å². The van der Waals surface area contributed by atoms with Gasteiger partial charge < -0.3 is 19.6 Å². The van der Waals surface area contributed by atoms with Crippen LogP contribution in [0.2, 0.25) is 0 Å². The topological polar surface area (TPSA) is 85.0 Å². The molecule has 0 saturated heterocycles. The van der Waals surface area contributed by atoms with Gasteiger partial charge in [-0.1, -0.05) is 0 Å². The van der Waals surface area contributed by atoms with E-state index in [0.717, 1.165) is 36.1 Å². The van der Waals surface area contributed by atoms with Gasteiger partial charge in [-0.15, -0.1) is 0 Å². The zero-order valence-corrected chi connectivity index (χ0v) is 15.0. The SMILES string of the molecule is Cc1nccn1[C@@H]1CCC[C@@H](NC(=O)c2ccc3c(c2)ncn3C)[C@H]1O. The van der Waals surface area contributed by atoms with Gasteiger partial charge in [-0.05, 0) is 44.4 Å². The van der Waals surface area contributed by atoms with Crippen molar-refractivity contribution < 1.29 is 9.90 Å². The number of carbonyl (C=O) groups excluding carboxylic acids is 1. The van der Waals surface area contributed by atoms with E-state index in [0.29, 0.717) is 5.56 Å². The maximum Gasteiger partial charge on any atom is 0.251 e. The van der Waals surface area contributed by atoms with Gasteiger partial charge in [0.25, 0.3) is 5.91 Å². The maximum atomic E-state index is 12.7. The molecule has 1 amide bonds. The molecule has 2 N–H and O–H groups in total. The van der Waals surface area contributed by atoms with Crippen LogP contribution in [0.5, 0.6) is 0 Å². The molecule has 1 aliphatic carbocycles. The molecule has 4 rings (SSSR count). The third-order valence-electron chi connectivity index (χ3n) is 5.35. The number of hydrogen-bond donors (Lipinski definition) is 2. The average molecular weight is 353 g/mol. The van der Waals surface area contributed by atoms with Crippen LogP contribution in [0.25, 0.3) is 11.0 Å². The summed E-state index contributed by atoms with van der Waals surface area (Å²) in [7, 11) is 1.92. The third-order valence-corrected chi connectivity index (χ3v) is 5.35. The minimum absolute atomic E-state index is 0.0604. The normalized spacial score (nSPS) is 23.3. The summed E-state index contributed by atoms with van der Waals surface area (Å²) in [5, 5.41) is 13.8. The first kappa shape index (κ1) is 16.8. The molecule has 0 bridgehead atoms. The van der Waals surface area contributed by atoms with Gasteiger partial charge >= 0.3 is 0 Å². The van der Waals surface area contributed by atoms with Crippen molar-refractivity contribution >= 4 is 16.9 Å². The Balaban J connectivity index is 1.51. The Morgan fingerprint density at radius 3 is 2.92 bits per heavy atom. The van der Waals surface area contributed by atoms with E-state index in [4.69, 9.17) is 0 Å². The number of nitrogens with zero attached hydrogens (tertiary/aromatic N) is 4. The number of aryl methyl sites for hydroxylation is 2. The number of aliphatic hydroxyl groups excluding tert-OH is 1. The van der Waals surface area contributed by atoms with Crippen LogP contribution in [0.3, 0.4) is 0 Å². The van der Waals surface area contributed by atoms with E-state index < -0.39 is 6.10 Å². The van der Waals surface area contributed by atoms with Crippen LogP contribution in [0.4, 0.5) is 0 Å². The molecule has 1 fully saturated rings. The van der Waals surface area contributed by atoms with Gasteiger partial charge in [-0.25, -0.2) is 9.97 Å². The molecular formula is C19H23N5O2. The Labute approximate surface area is 151 Å². The molecule has 0 spiro atoms. The molecular weight excluding hydrogens is 330 g/mol. The van der Waals surface area contributed by atoms with E-state index >= 15 is 0 Å². The summed E-state index contributed by atoms with van der Waals surface area (Å²) in [5.74, 6) is 0.700. The fourth-order valence-electron chi connectivity index (χ4n) is 3.88. The summed E-state index contributed by atoms with van der Waals surface area (Å²) in [6.07, 6.45) is 7.32. The van der Waals surface area contributed by atoms with E-state index in [-0.39, 0.29) is 18.0 Å². The van der Waals surface area contributed by atoms with Crippen LogP contribution in [0.15, 0.2) is 36.9 Å².